The molecule has 2 aliphatic carbocycles. The van der Waals surface area contributed by atoms with E-state index in [0.717, 1.165) is 70.0 Å². The minimum atomic E-state index is -0.840. The van der Waals surface area contributed by atoms with Crippen molar-refractivity contribution in [2.75, 3.05) is 19.6 Å². The summed E-state index contributed by atoms with van der Waals surface area (Å²) in [7, 11) is 0. The van der Waals surface area contributed by atoms with Crippen molar-refractivity contribution in [2.24, 2.45) is 22.2 Å². The van der Waals surface area contributed by atoms with Gasteiger partial charge in [0.15, 0.2) is 11.6 Å². The second kappa shape index (κ2) is 21.4. The summed E-state index contributed by atoms with van der Waals surface area (Å²) >= 11 is 9.65. The van der Waals surface area contributed by atoms with Gasteiger partial charge in [-0.1, -0.05) is 68.8 Å². The van der Waals surface area contributed by atoms with Gasteiger partial charge in [-0.2, -0.15) is 0 Å². The van der Waals surface area contributed by atoms with Crippen LogP contribution in [0, 0.1) is 44.9 Å². The number of amides is 3. The average Bonchev–Trinajstić information content (AvgIpc) is 4.10. The Morgan fingerprint density at radius 3 is 2.21 bits per heavy atom. The topological polar surface area (TPSA) is 180 Å². The Bertz CT molecular complexity index is 2840. The number of halogens is 1. The molecule has 2 aliphatic heterocycles. The molecule has 3 fully saturated rings. The lowest BCUT2D eigenvalue weighted by Gasteiger charge is -2.40. The summed E-state index contributed by atoms with van der Waals surface area (Å²) in [5.41, 5.74) is 6.56. The van der Waals surface area contributed by atoms with Crippen molar-refractivity contribution in [1.29, 1.82) is 0 Å². The lowest BCUT2D eigenvalue weighted by atomic mass is 9.77. The maximum atomic E-state index is 14.4. The van der Waals surface area contributed by atoms with Gasteiger partial charge < -0.3 is 25.8 Å². The molecule has 14 nitrogen and oxygen atoms in total. The number of carbonyl (C=O) groups excluding carboxylic acids is 4. The molecule has 4 N–H and O–H groups in total. The number of aliphatic hydroxyl groups excluding tert-OH is 1. The maximum Gasteiger partial charge on any atom is 0.234 e. The number of aliphatic imine (C=N–C) groups is 1. The van der Waals surface area contributed by atoms with E-state index in [4.69, 9.17) is 21.3 Å². The van der Waals surface area contributed by atoms with E-state index in [2.05, 4.69) is 80.0 Å². The van der Waals surface area contributed by atoms with Crippen LogP contribution in [0.25, 0.3) is 15.4 Å². The smallest absolute Gasteiger partial charge is 0.234 e. The fourth-order valence-corrected chi connectivity index (χ4v) is 13.1. The van der Waals surface area contributed by atoms with Crippen molar-refractivity contribution in [1.82, 2.24) is 35.6 Å². The number of thiophene rings is 2. The fraction of sp³-hybridized carbons (Fsp3) is 0.509. The highest BCUT2D eigenvalue weighted by Gasteiger charge is 2.47. The van der Waals surface area contributed by atoms with E-state index < -0.39 is 35.4 Å². The van der Waals surface area contributed by atoms with Crippen LogP contribution in [0.2, 0.25) is 5.02 Å². The minimum absolute atomic E-state index is 0.00794. The molecular weight excluding hydrogens is 968 g/mol. The number of rotatable bonds is 15. The number of hydrogen-bond acceptors (Lipinski definition) is 12. The molecule has 2 unspecified atom stereocenters. The Morgan fingerprint density at radius 1 is 0.861 bits per heavy atom. The second-order valence-electron chi connectivity index (χ2n) is 21.5. The quantitative estimate of drug-likeness (QED) is 0.0798. The van der Waals surface area contributed by atoms with Crippen LogP contribution >= 0.6 is 34.3 Å². The summed E-state index contributed by atoms with van der Waals surface area (Å²) in [5.74, 6) is -0.892. The van der Waals surface area contributed by atoms with E-state index in [0.29, 0.717) is 23.9 Å². The van der Waals surface area contributed by atoms with Crippen LogP contribution in [-0.2, 0) is 23.9 Å². The van der Waals surface area contributed by atoms with Crippen molar-refractivity contribution < 1.29 is 29.0 Å². The number of aryl methyl sites for hydroxylation is 3. The van der Waals surface area contributed by atoms with Gasteiger partial charge in [-0.05, 0) is 124 Å². The Labute approximate surface area is 435 Å². The summed E-state index contributed by atoms with van der Waals surface area (Å²) in [6.07, 6.45) is 2.72. The van der Waals surface area contributed by atoms with Crippen LogP contribution in [0.4, 0.5) is 0 Å². The average molecular weight is 1040 g/mol. The van der Waals surface area contributed by atoms with Crippen molar-refractivity contribution in [2.45, 2.75) is 143 Å². The molecule has 5 heterocycles. The molecule has 0 spiro atoms. The van der Waals surface area contributed by atoms with E-state index in [1.165, 1.54) is 15.3 Å². The van der Waals surface area contributed by atoms with Gasteiger partial charge in [0.05, 0.1) is 55.0 Å². The molecule has 382 valence electrons. The number of aliphatic hydroxyl groups is 1. The number of fused-ring (bicyclic) bond motifs is 3. The zero-order chi connectivity index (χ0) is 51.2. The van der Waals surface area contributed by atoms with Gasteiger partial charge in [0, 0.05) is 51.0 Å². The largest absolute Gasteiger partial charge is 0.393 e. The first-order valence-corrected chi connectivity index (χ1v) is 27.4. The highest BCUT2D eigenvalue weighted by molar-refractivity contribution is 7.15. The molecule has 6 atom stereocenters. The standard InChI is InChI=1S/C55H67ClN8O6S2/c1-29-19-22-71-50(29)36-11-9-34(10-12-36)31(3)57-53(69)43-26-39(65)25-42(43)49(68)51(55(6,7)8)60-46(67)28-63-20-17-40(18-21-63)70-41-23-38(24-41)58-45(66)27-44-52-62-61-33(5)64(52)54-47(30(2)32(4)72-54)48(59-44)35-13-15-37(56)16-14-35/h9-16,19,22,31,38-44,51,65H,17-18,20-21,23-28H2,1-8H3,(H,57,69)(H,58,66)(H,60,67)/t31?,38?,39-,41?,42?,43+,44-,51+/m0/s1. The van der Waals surface area contributed by atoms with Crippen LogP contribution < -0.4 is 16.0 Å². The third-order valence-electron chi connectivity index (χ3n) is 15.1. The summed E-state index contributed by atoms with van der Waals surface area (Å²) in [6.45, 7) is 17.4. The van der Waals surface area contributed by atoms with E-state index in [1.807, 2.05) is 71.0 Å². The Kier molecular flexibility index (Phi) is 15.4. The highest BCUT2D eigenvalue weighted by Crippen LogP contribution is 2.41. The third kappa shape index (κ3) is 11.2. The van der Waals surface area contributed by atoms with E-state index in [9.17, 15) is 24.3 Å². The van der Waals surface area contributed by atoms with Gasteiger partial charge in [-0.3, -0.25) is 33.6 Å². The van der Waals surface area contributed by atoms with Gasteiger partial charge in [0.2, 0.25) is 17.7 Å². The molecule has 3 aromatic heterocycles. The number of benzene rings is 2. The normalized spacial score (nSPS) is 23.2. The predicted octanol–water partition coefficient (Wildman–Crippen LogP) is 8.72. The van der Waals surface area contributed by atoms with Gasteiger partial charge in [-0.25, -0.2) is 0 Å². The molecule has 2 aromatic carbocycles. The molecule has 9 rings (SSSR count). The SMILES string of the molecule is Cc1ccsc1-c1ccc(C(C)NC(=O)[C@@H]2C[C@@H](O)CC2C(=O)[C@@H](NC(=O)CN2CCC(OC3CC(NC(=O)C[C@@H]4N=C(c5ccc(Cl)cc5)c5c(sc(C)c5C)-n5c(C)nnc54)C3)CC2)C(C)(C)C)cc1. The van der Waals surface area contributed by atoms with Gasteiger partial charge in [0.1, 0.15) is 16.9 Å². The van der Waals surface area contributed by atoms with Crippen LogP contribution in [0.1, 0.15) is 129 Å². The third-order valence-corrected chi connectivity index (χ3v) is 17.6. The van der Waals surface area contributed by atoms with Gasteiger partial charge in [-0.15, -0.1) is 32.9 Å². The number of hydrogen-bond donors (Lipinski definition) is 4. The number of nitrogens with one attached hydrogen (secondary N) is 3. The second-order valence-corrected chi connectivity index (χ2v) is 24.0. The summed E-state index contributed by atoms with van der Waals surface area (Å²) in [6, 6.07) is 16.2. The predicted molar refractivity (Wildman–Crippen MR) is 283 cm³/mol. The molecule has 72 heavy (non-hydrogen) atoms. The van der Waals surface area contributed by atoms with Gasteiger partial charge in [0.25, 0.3) is 0 Å². The number of piperidine rings is 1. The van der Waals surface area contributed by atoms with Crippen LogP contribution in [0.5, 0.6) is 0 Å². The minimum Gasteiger partial charge on any atom is -0.393 e. The molecule has 2 saturated carbocycles. The van der Waals surface area contributed by atoms with Crippen molar-refractivity contribution >= 4 is 63.5 Å². The Balaban J connectivity index is 0.736. The molecule has 4 aliphatic rings. The molecular formula is C55H67ClN8O6S2. The molecule has 5 aromatic rings. The van der Waals surface area contributed by atoms with Crippen molar-refractivity contribution in [3.8, 4) is 15.4 Å². The molecule has 0 radical (unpaired) electrons. The van der Waals surface area contributed by atoms with Crippen LogP contribution in [0.15, 0.2) is 65.0 Å². The van der Waals surface area contributed by atoms with Crippen molar-refractivity contribution in [3.05, 3.63) is 109 Å². The maximum absolute atomic E-state index is 14.4. The molecule has 0 bridgehead atoms. The monoisotopic (exact) mass is 1030 g/mol. The number of carbonyl (C=O) groups is 4. The molecule has 3 amide bonds. The zero-order valence-electron chi connectivity index (χ0n) is 42.5. The number of nitrogens with zero attached hydrogens (tertiary/aromatic N) is 5. The summed E-state index contributed by atoms with van der Waals surface area (Å²) < 4.78 is 8.56. The lowest BCUT2D eigenvalue weighted by molar-refractivity contribution is -0.137. The number of Topliss-reactive ketones (excluding diaryl/α,β-unsaturated/α-hetero) is 1. The Hall–Kier alpha value is -5.10. The lowest BCUT2D eigenvalue weighted by Crippen LogP contribution is -2.55. The zero-order valence-corrected chi connectivity index (χ0v) is 44.8. The number of ether oxygens (including phenoxy) is 1. The fourth-order valence-electron chi connectivity index (χ4n) is 10.8. The first kappa shape index (κ1) is 51.8. The Morgan fingerprint density at radius 2 is 1.54 bits per heavy atom. The first-order chi connectivity index (χ1) is 34.3. The van der Waals surface area contributed by atoms with E-state index >= 15 is 0 Å². The number of ketones is 1. The summed E-state index contributed by atoms with van der Waals surface area (Å²) in [5, 5.41) is 32.9. The van der Waals surface area contributed by atoms with Crippen LogP contribution in [0.3, 0.4) is 0 Å². The van der Waals surface area contributed by atoms with Gasteiger partial charge >= 0.3 is 0 Å². The summed E-state index contributed by atoms with van der Waals surface area (Å²) in [4.78, 5) is 65.3. The highest BCUT2D eigenvalue weighted by atomic mass is 35.5. The van der Waals surface area contributed by atoms with E-state index in [1.54, 1.807) is 22.7 Å². The molecule has 1 saturated heterocycles. The van der Waals surface area contributed by atoms with Crippen molar-refractivity contribution in [3.63, 3.8) is 0 Å². The first-order valence-electron chi connectivity index (χ1n) is 25.3. The van der Waals surface area contributed by atoms with E-state index in [-0.39, 0.29) is 73.6 Å². The number of aromatic nitrogens is 3. The van der Waals surface area contributed by atoms with Crippen LogP contribution in [-0.4, -0.2) is 104 Å². The number of likely N-dealkylation sites (tertiary alicyclic amines) is 1. The molecule has 17 heteroatoms.